The SMILES string of the molecule is Cc1cccc(NC(=O)[C@H](C)Nc2ccc(-c3csc(C)n3)cc2)c1. The van der Waals surface area contributed by atoms with Gasteiger partial charge in [0.05, 0.1) is 10.7 Å². The Hall–Kier alpha value is -2.66. The van der Waals surface area contributed by atoms with E-state index in [0.29, 0.717) is 0 Å². The summed E-state index contributed by atoms with van der Waals surface area (Å²) >= 11 is 1.64. The number of nitrogens with zero attached hydrogens (tertiary/aromatic N) is 1. The van der Waals surface area contributed by atoms with E-state index >= 15 is 0 Å². The van der Waals surface area contributed by atoms with Crippen LogP contribution in [0, 0.1) is 13.8 Å². The van der Waals surface area contributed by atoms with Crippen LogP contribution in [0.25, 0.3) is 11.3 Å². The Kier molecular flexibility index (Phi) is 5.14. The first-order valence-corrected chi connectivity index (χ1v) is 9.06. The van der Waals surface area contributed by atoms with Gasteiger partial charge in [0.15, 0.2) is 0 Å². The molecular weight excluding hydrogens is 330 g/mol. The van der Waals surface area contributed by atoms with Crippen LogP contribution in [0.5, 0.6) is 0 Å². The zero-order chi connectivity index (χ0) is 17.8. The molecule has 0 saturated heterocycles. The zero-order valence-corrected chi connectivity index (χ0v) is 15.4. The van der Waals surface area contributed by atoms with Crippen molar-refractivity contribution >= 4 is 28.6 Å². The molecule has 1 atom stereocenters. The molecule has 0 fully saturated rings. The highest BCUT2D eigenvalue weighted by Crippen LogP contribution is 2.23. The molecule has 2 N–H and O–H groups in total. The number of anilines is 2. The van der Waals surface area contributed by atoms with Gasteiger partial charge in [0.2, 0.25) is 5.91 Å². The summed E-state index contributed by atoms with van der Waals surface area (Å²) in [4.78, 5) is 16.8. The van der Waals surface area contributed by atoms with E-state index in [1.807, 2.05) is 69.3 Å². The molecule has 2 aromatic carbocycles. The predicted octanol–water partition coefficient (Wildman–Crippen LogP) is 4.87. The number of nitrogens with one attached hydrogen (secondary N) is 2. The third-order valence-corrected chi connectivity index (χ3v) is 4.64. The van der Waals surface area contributed by atoms with Gasteiger partial charge in [0.25, 0.3) is 0 Å². The summed E-state index contributed by atoms with van der Waals surface area (Å²) in [6.07, 6.45) is 0. The fourth-order valence-corrected chi connectivity index (χ4v) is 3.14. The standard InChI is InChI=1S/C20H21N3OS/c1-13-5-4-6-18(11-13)23-20(24)14(2)21-17-9-7-16(8-10-17)19-12-25-15(3)22-19/h4-12,14,21H,1-3H3,(H,23,24)/t14-/m0/s1. The quantitative estimate of drug-likeness (QED) is 0.690. The first-order chi connectivity index (χ1) is 12.0. The summed E-state index contributed by atoms with van der Waals surface area (Å²) in [5, 5.41) is 9.27. The highest BCUT2D eigenvalue weighted by atomic mass is 32.1. The lowest BCUT2D eigenvalue weighted by molar-refractivity contribution is -0.116. The molecule has 0 radical (unpaired) electrons. The molecule has 0 aliphatic heterocycles. The summed E-state index contributed by atoms with van der Waals surface area (Å²) in [7, 11) is 0. The van der Waals surface area contributed by atoms with Gasteiger partial charge in [-0.2, -0.15) is 0 Å². The van der Waals surface area contributed by atoms with Gasteiger partial charge in [-0.25, -0.2) is 4.98 Å². The Balaban J connectivity index is 1.62. The number of carbonyl (C=O) groups is 1. The summed E-state index contributed by atoms with van der Waals surface area (Å²) in [6.45, 7) is 5.85. The van der Waals surface area contributed by atoms with E-state index in [9.17, 15) is 4.79 Å². The minimum absolute atomic E-state index is 0.0650. The van der Waals surface area contributed by atoms with Gasteiger partial charge in [-0.15, -0.1) is 11.3 Å². The van der Waals surface area contributed by atoms with E-state index in [0.717, 1.165) is 33.2 Å². The van der Waals surface area contributed by atoms with E-state index in [1.165, 1.54) is 0 Å². The monoisotopic (exact) mass is 351 g/mol. The Labute approximate surface area is 151 Å². The first-order valence-electron chi connectivity index (χ1n) is 8.18. The van der Waals surface area contributed by atoms with Gasteiger partial charge >= 0.3 is 0 Å². The van der Waals surface area contributed by atoms with Crippen molar-refractivity contribution in [3.8, 4) is 11.3 Å². The second-order valence-electron chi connectivity index (χ2n) is 6.05. The van der Waals surface area contributed by atoms with Crippen LogP contribution >= 0.6 is 11.3 Å². The van der Waals surface area contributed by atoms with Gasteiger partial charge in [-0.3, -0.25) is 4.79 Å². The van der Waals surface area contributed by atoms with Gasteiger partial charge < -0.3 is 10.6 Å². The molecule has 5 heteroatoms. The lowest BCUT2D eigenvalue weighted by atomic mass is 10.1. The fourth-order valence-electron chi connectivity index (χ4n) is 2.52. The van der Waals surface area contributed by atoms with E-state index in [2.05, 4.69) is 21.0 Å². The molecule has 0 unspecified atom stereocenters. The third-order valence-electron chi connectivity index (χ3n) is 3.86. The van der Waals surface area contributed by atoms with Gasteiger partial charge in [-0.1, -0.05) is 24.3 Å². The molecule has 4 nitrogen and oxygen atoms in total. The van der Waals surface area contributed by atoms with Crippen molar-refractivity contribution < 1.29 is 4.79 Å². The number of rotatable bonds is 5. The largest absolute Gasteiger partial charge is 0.374 e. The summed E-state index contributed by atoms with van der Waals surface area (Å²) < 4.78 is 0. The number of amides is 1. The van der Waals surface area contributed by atoms with Crippen LogP contribution < -0.4 is 10.6 Å². The molecular formula is C20H21N3OS. The maximum atomic E-state index is 12.3. The molecule has 0 bridgehead atoms. The average molecular weight is 351 g/mol. The number of hydrogen-bond donors (Lipinski definition) is 2. The smallest absolute Gasteiger partial charge is 0.246 e. The van der Waals surface area contributed by atoms with E-state index < -0.39 is 0 Å². The van der Waals surface area contributed by atoms with Gasteiger partial charge in [0.1, 0.15) is 6.04 Å². The summed E-state index contributed by atoms with van der Waals surface area (Å²) in [5.74, 6) is -0.0650. The second-order valence-corrected chi connectivity index (χ2v) is 7.12. The molecule has 0 aliphatic rings. The minimum atomic E-state index is -0.340. The van der Waals surface area contributed by atoms with E-state index in [1.54, 1.807) is 11.3 Å². The van der Waals surface area contributed by atoms with Crippen molar-refractivity contribution in [2.75, 3.05) is 10.6 Å². The number of hydrogen-bond acceptors (Lipinski definition) is 4. The number of aromatic nitrogens is 1. The van der Waals surface area contributed by atoms with Crippen molar-refractivity contribution in [1.29, 1.82) is 0 Å². The number of thiazole rings is 1. The molecule has 0 aliphatic carbocycles. The lowest BCUT2D eigenvalue weighted by Crippen LogP contribution is -2.31. The van der Waals surface area contributed by atoms with E-state index in [4.69, 9.17) is 0 Å². The number of carbonyl (C=O) groups excluding carboxylic acids is 1. The van der Waals surface area contributed by atoms with Crippen molar-refractivity contribution in [1.82, 2.24) is 4.98 Å². The fraction of sp³-hybridized carbons (Fsp3) is 0.200. The average Bonchev–Trinajstić information content (AvgIpc) is 3.02. The number of benzene rings is 2. The van der Waals surface area contributed by atoms with Crippen LogP contribution in [-0.2, 0) is 4.79 Å². The Morgan fingerprint density at radius 2 is 1.84 bits per heavy atom. The number of aryl methyl sites for hydroxylation is 2. The summed E-state index contributed by atoms with van der Waals surface area (Å²) in [5.41, 5.74) is 4.90. The minimum Gasteiger partial charge on any atom is -0.374 e. The molecule has 128 valence electrons. The van der Waals surface area contributed by atoms with Crippen LogP contribution in [0.2, 0.25) is 0 Å². The predicted molar refractivity (Wildman–Crippen MR) is 105 cm³/mol. The Morgan fingerprint density at radius 3 is 2.48 bits per heavy atom. The highest BCUT2D eigenvalue weighted by molar-refractivity contribution is 7.09. The van der Waals surface area contributed by atoms with Crippen LogP contribution in [-0.4, -0.2) is 16.9 Å². The van der Waals surface area contributed by atoms with Crippen LogP contribution in [0.1, 0.15) is 17.5 Å². The van der Waals surface area contributed by atoms with Gasteiger partial charge in [-0.05, 0) is 50.6 Å². The first kappa shape index (κ1) is 17.2. The zero-order valence-electron chi connectivity index (χ0n) is 14.5. The molecule has 0 spiro atoms. The van der Waals surface area contributed by atoms with Crippen LogP contribution in [0.3, 0.4) is 0 Å². The molecule has 3 aromatic rings. The van der Waals surface area contributed by atoms with Crippen molar-refractivity contribution in [2.24, 2.45) is 0 Å². The maximum absolute atomic E-state index is 12.3. The molecule has 1 heterocycles. The Morgan fingerprint density at radius 1 is 1.08 bits per heavy atom. The van der Waals surface area contributed by atoms with E-state index in [-0.39, 0.29) is 11.9 Å². The topological polar surface area (TPSA) is 54.0 Å². The maximum Gasteiger partial charge on any atom is 0.246 e. The van der Waals surface area contributed by atoms with Gasteiger partial charge in [0, 0.05) is 22.3 Å². The molecule has 1 aromatic heterocycles. The van der Waals surface area contributed by atoms with Crippen LogP contribution in [0.15, 0.2) is 53.9 Å². The van der Waals surface area contributed by atoms with Crippen molar-refractivity contribution in [2.45, 2.75) is 26.8 Å². The third kappa shape index (κ3) is 4.45. The molecule has 3 rings (SSSR count). The molecule has 0 saturated carbocycles. The normalized spacial score (nSPS) is 11.8. The van der Waals surface area contributed by atoms with Crippen molar-refractivity contribution in [3.63, 3.8) is 0 Å². The Bertz CT molecular complexity index is 871. The molecule has 25 heavy (non-hydrogen) atoms. The summed E-state index contributed by atoms with van der Waals surface area (Å²) in [6, 6.07) is 15.4. The molecule has 1 amide bonds. The van der Waals surface area contributed by atoms with Crippen LogP contribution in [0.4, 0.5) is 11.4 Å². The lowest BCUT2D eigenvalue weighted by Gasteiger charge is -2.15. The van der Waals surface area contributed by atoms with Crippen molar-refractivity contribution in [3.05, 3.63) is 64.5 Å². The second kappa shape index (κ2) is 7.49. The highest BCUT2D eigenvalue weighted by Gasteiger charge is 2.13.